The van der Waals surface area contributed by atoms with Crippen molar-refractivity contribution in [1.82, 2.24) is 16.0 Å². The van der Waals surface area contributed by atoms with Crippen molar-refractivity contribution < 1.29 is 14.4 Å². The molecular weight excluding hydrogens is 354 g/mol. The van der Waals surface area contributed by atoms with Crippen LogP contribution in [-0.4, -0.2) is 37.4 Å². The summed E-state index contributed by atoms with van der Waals surface area (Å²) in [5.74, 6) is -0.776. The first-order valence-electron chi connectivity index (χ1n) is 8.15. The fourth-order valence-electron chi connectivity index (χ4n) is 2.17. The molecule has 2 rings (SSSR count). The van der Waals surface area contributed by atoms with E-state index in [9.17, 15) is 14.4 Å². The maximum absolute atomic E-state index is 11.9. The van der Waals surface area contributed by atoms with E-state index in [4.69, 9.17) is 11.6 Å². The van der Waals surface area contributed by atoms with Crippen molar-refractivity contribution in [3.8, 4) is 0 Å². The van der Waals surface area contributed by atoms with E-state index in [0.29, 0.717) is 10.6 Å². The standard InChI is InChI=1S/C19H20ClN3O3/c20-16-8-6-15(7-9-16)19(26)22-11-10-21-18(25)13-23-17(24)12-14-4-2-1-3-5-14/h1-9H,10-13H2,(H,21,25)(H,22,26)(H,23,24). The Morgan fingerprint density at radius 1 is 0.769 bits per heavy atom. The van der Waals surface area contributed by atoms with Crippen molar-refractivity contribution in [3.63, 3.8) is 0 Å². The molecule has 2 aromatic carbocycles. The molecule has 0 bridgehead atoms. The number of carbonyl (C=O) groups excluding carboxylic acids is 3. The number of rotatable bonds is 8. The minimum Gasteiger partial charge on any atom is -0.353 e. The van der Waals surface area contributed by atoms with Crippen molar-refractivity contribution in [2.75, 3.05) is 19.6 Å². The van der Waals surface area contributed by atoms with Gasteiger partial charge >= 0.3 is 0 Å². The van der Waals surface area contributed by atoms with Gasteiger partial charge in [0.05, 0.1) is 13.0 Å². The Morgan fingerprint density at radius 2 is 1.42 bits per heavy atom. The number of halogens is 1. The average Bonchev–Trinajstić information content (AvgIpc) is 2.65. The molecule has 0 spiro atoms. The lowest BCUT2D eigenvalue weighted by Crippen LogP contribution is -2.40. The summed E-state index contributed by atoms with van der Waals surface area (Å²) in [5, 5.41) is 8.43. The fraction of sp³-hybridized carbons (Fsp3) is 0.211. The van der Waals surface area contributed by atoms with Gasteiger partial charge in [-0.3, -0.25) is 14.4 Å². The summed E-state index contributed by atoms with van der Waals surface area (Å²) in [6.45, 7) is 0.453. The highest BCUT2D eigenvalue weighted by molar-refractivity contribution is 6.30. The molecule has 0 aliphatic heterocycles. The second-order valence-corrected chi connectivity index (χ2v) is 5.99. The van der Waals surface area contributed by atoms with Crippen LogP contribution in [0.2, 0.25) is 5.02 Å². The summed E-state index contributed by atoms with van der Waals surface area (Å²) in [7, 11) is 0. The van der Waals surface area contributed by atoms with Crippen molar-refractivity contribution in [3.05, 3.63) is 70.7 Å². The lowest BCUT2D eigenvalue weighted by molar-refractivity contribution is -0.125. The summed E-state index contributed by atoms with van der Waals surface area (Å²) in [5.41, 5.74) is 1.38. The minimum atomic E-state index is -0.313. The Bertz CT molecular complexity index is 748. The first-order valence-corrected chi connectivity index (χ1v) is 8.53. The van der Waals surface area contributed by atoms with Gasteiger partial charge in [0.1, 0.15) is 0 Å². The van der Waals surface area contributed by atoms with Gasteiger partial charge in [0.2, 0.25) is 11.8 Å². The van der Waals surface area contributed by atoms with E-state index < -0.39 is 0 Å². The zero-order valence-electron chi connectivity index (χ0n) is 14.1. The van der Waals surface area contributed by atoms with E-state index in [0.717, 1.165) is 5.56 Å². The molecule has 0 atom stereocenters. The van der Waals surface area contributed by atoms with Crippen molar-refractivity contribution in [1.29, 1.82) is 0 Å². The normalized spacial score (nSPS) is 10.0. The first kappa shape index (κ1) is 19.5. The number of carbonyl (C=O) groups is 3. The van der Waals surface area contributed by atoms with Gasteiger partial charge in [-0.1, -0.05) is 41.9 Å². The Hall–Kier alpha value is -2.86. The maximum atomic E-state index is 11.9. The molecule has 0 saturated heterocycles. The van der Waals surface area contributed by atoms with Crippen LogP contribution in [0.15, 0.2) is 54.6 Å². The number of benzene rings is 2. The minimum absolute atomic E-state index is 0.100. The molecule has 6 nitrogen and oxygen atoms in total. The van der Waals surface area contributed by atoms with Crippen LogP contribution < -0.4 is 16.0 Å². The monoisotopic (exact) mass is 373 g/mol. The third kappa shape index (κ3) is 6.94. The van der Waals surface area contributed by atoms with Crippen LogP contribution in [0.3, 0.4) is 0 Å². The van der Waals surface area contributed by atoms with Gasteiger partial charge in [-0.25, -0.2) is 0 Å². The highest BCUT2D eigenvalue weighted by Crippen LogP contribution is 2.09. The largest absolute Gasteiger partial charge is 0.353 e. The summed E-state index contributed by atoms with van der Waals surface area (Å²) >= 11 is 5.77. The van der Waals surface area contributed by atoms with Gasteiger partial charge < -0.3 is 16.0 Å². The number of nitrogens with one attached hydrogen (secondary N) is 3. The van der Waals surface area contributed by atoms with Crippen LogP contribution in [0.25, 0.3) is 0 Å². The number of hydrogen-bond donors (Lipinski definition) is 3. The fourth-order valence-corrected chi connectivity index (χ4v) is 2.29. The molecule has 136 valence electrons. The predicted octanol–water partition coefficient (Wildman–Crippen LogP) is 1.54. The lowest BCUT2D eigenvalue weighted by Gasteiger charge is -2.08. The van der Waals surface area contributed by atoms with E-state index in [2.05, 4.69) is 16.0 Å². The molecule has 0 unspecified atom stereocenters. The van der Waals surface area contributed by atoms with E-state index in [1.807, 2.05) is 30.3 Å². The average molecular weight is 374 g/mol. The van der Waals surface area contributed by atoms with Gasteiger partial charge in [0.25, 0.3) is 5.91 Å². The maximum Gasteiger partial charge on any atom is 0.251 e. The Kier molecular flexibility index (Phi) is 7.64. The molecule has 3 amide bonds. The van der Waals surface area contributed by atoms with E-state index in [-0.39, 0.29) is 43.8 Å². The second kappa shape index (κ2) is 10.2. The molecule has 26 heavy (non-hydrogen) atoms. The zero-order valence-corrected chi connectivity index (χ0v) is 14.9. The first-order chi connectivity index (χ1) is 12.5. The molecule has 3 N–H and O–H groups in total. The molecule has 0 radical (unpaired) electrons. The summed E-state index contributed by atoms with van der Waals surface area (Å²) < 4.78 is 0. The Labute approximate surface area is 156 Å². The second-order valence-electron chi connectivity index (χ2n) is 5.55. The molecular formula is C19H20ClN3O3. The summed E-state index contributed by atoms with van der Waals surface area (Å²) in [6, 6.07) is 15.8. The third-order valence-corrected chi connectivity index (χ3v) is 3.74. The van der Waals surface area contributed by atoms with Crippen LogP contribution >= 0.6 is 11.6 Å². The van der Waals surface area contributed by atoms with Crippen LogP contribution in [-0.2, 0) is 16.0 Å². The van der Waals surface area contributed by atoms with Gasteiger partial charge in [0, 0.05) is 23.7 Å². The van der Waals surface area contributed by atoms with Crippen molar-refractivity contribution in [2.24, 2.45) is 0 Å². The molecule has 0 fully saturated rings. The van der Waals surface area contributed by atoms with Crippen LogP contribution in [0, 0.1) is 0 Å². The quantitative estimate of drug-likeness (QED) is 0.613. The molecule has 0 saturated carbocycles. The highest BCUT2D eigenvalue weighted by Gasteiger charge is 2.07. The van der Waals surface area contributed by atoms with E-state index >= 15 is 0 Å². The summed E-state index contributed by atoms with van der Waals surface area (Å²) in [4.78, 5) is 35.3. The smallest absolute Gasteiger partial charge is 0.251 e. The molecule has 0 heterocycles. The highest BCUT2D eigenvalue weighted by atomic mass is 35.5. The molecule has 0 aliphatic rings. The lowest BCUT2D eigenvalue weighted by atomic mass is 10.1. The topological polar surface area (TPSA) is 87.3 Å². The van der Waals surface area contributed by atoms with Gasteiger partial charge in [-0.05, 0) is 29.8 Å². The van der Waals surface area contributed by atoms with Crippen molar-refractivity contribution in [2.45, 2.75) is 6.42 Å². The SMILES string of the molecule is O=C(CNC(=O)Cc1ccccc1)NCCNC(=O)c1ccc(Cl)cc1. The van der Waals surface area contributed by atoms with Crippen LogP contribution in [0.1, 0.15) is 15.9 Å². The van der Waals surface area contributed by atoms with Gasteiger partial charge in [-0.15, -0.1) is 0 Å². The van der Waals surface area contributed by atoms with Crippen molar-refractivity contribution >= 4 is 29.3 Å². The van der Waals surface area contributed by atoms with Gasteiger partial charge in [0.15, 0.2) is 0 Å². The summed E-state index contributed by atoms with van der Waals surface area (Å²) in [6.07, 6.45) is 0.227. The van der Waals surface area contributed by atoms with E-state index in [1.165, 1.54) is 0 Å². The van der Waals surface area contributed by atoms with Crippen LogP contribution in [0.5, 0.6) is 0 Å². The number of hydrogen-bond acceptors (Lipinski definition) is 3. The van der Waals surface area contributed by atoms with Gasteiger partial charge in [-0.2, -0.15) is 0 Å². The third-order valence-electron chi connectivity index (χ3n) is 3.49. The molecule has 0 aromatic heterocycles. The Balaban J connectivity index is 1.59. The molecule has 2 aromatic rings. The van der Waals surface area contributed by atoms with Crippen LogP contribution in [0.4, 0.5) is 0 Å². The zero-order chi connectivity index (χ0) is 18.8. The molecule has 0 aliphatic carbocycles. The molecule has 7 heteroatoms. The Morgan fingerprint density at radius 3 is 2.12 bits per heavy atom. The number of amides is 3. The predicted molar refractivity (Wildman–Crippen MR) is 100.0 cm³/mol. The van der Waals surface area contributed by atoms with E-state index in [1.54, 1.807) is 24.3 Å².